The number of hydrogen-bond donors (Lipinski definition) is 1. The lowest BCUT2D eigenvalue weighted by atomic mass is 9.98. The van der Waals surface area contributed by atoms with Gasteiger partial charge >= 0.3 is 6.03 Å². The molecule has 8 nitrogen and oxygen atoms in total. The minimum Gasteiger partial charge on any atom is -0.458 e. The molecule has 1 aromatic carbocycles. The highest BCUT2D eigenvalue weighted by molar-refractivity contribution is 6.11. The van der Waals surface area contributed by atoms with Crippen LogP contribution < -0.4 is 5.32 Å². The fourth-order valence-corrected chi connectivity index (χ4v) is 4.52. The van der Waals surface area contributed by atoms with Gasteiger partial charge in [-0.3, -0.25) is 14.5 Å². The summed E-state index contributed by atoms with van der Waals surface area (Å²) in [6.07, 6.45) is 0. The van der Waals surface area contributed by atoms with Crippen LogP contribution in [0.25, 0.3) is 11.0 Å². The summed E-state index contributed by atoms with van der Waals surface area (Å²) in [6.45, 7) is 7.54. The molecule has 1 fully saturated rings. The van der Waals surface area contributed by atoms with E-state index in [9.17, 15) is 14.4 Å². The zero-order valence-corrected chi connectivity index (χ0v) is 18.9. The molecule has 0 radical (unpaired) electrons. The van der Waals surface area contributed by atoms with Gasteiger partial charge < -0.3 is 19.0 Å². The van der Waals surface area contributed by atoms with Crippen molar-refractivity contribution in [3.05, 3.63) is 59.1 Å². The number of nitrogens with one attached hydrogen (secondary N) is 1. The zero-order valence-electron chi connectivity index (χ0n) is 18.9. The van der Waals surface area contributed by atoms with Crippen molar-refractivity contribution >= 4 is 28.7 Å². The Morgan fingerprint density at radius 2 is 1.94 bits per heavy atom. The number of Topliss-reactive ketones (excluding diaryl/α,β-unsaturated/α-hetero) is 1. The predicted molar refractivity (Wildman–Crippen MR) is 119 cm³/mol. The first-order valence-corrected chi connectivity index (χ1v) is 10.5. The van der Waals surface area contributed by atoms with Crippen LogP contribution in [0.5, 0.6) is 0 Å². The van der Waals surface area contributed by atoms with Gasteiger partial charge in [-0.05, 0) is 45.9 Å². The second-order valence-corrected chi connectivity index (χ2v) is 8.48. The van der Waals surface area contributed by atoms with E-state index < -0.39 is 17.5 Å². The lowest BCUT2D eigenvalue weighted by Gasteiger charge is -2.19. The van der Waals surface area contributed by atoms with E-state index in [1.165, 1.54) is 0 Å². The summed E-state index contributed by atoms with van der Waals surface area (Å²) in [5, 5.41) is 3.53. The van der Waals surface area contributed by atoms with E-state index in [1.807, 2.05) is 43.5 Å². The van der Waals surface area contributed by atoms with Gasteiger partial charge in [-0.2, -0.15) is 0 Å². The molecule has 2 atom stereocenters. The number of aromatic nitrogens is 1. The molecule has 3 heterocycles. The number of fused-ring (bicyclic) bond motifs is 1. The molecule has 1 aliphatic rings. The Morgan fingerprint density at radius 1 is 1.22 bits per heavy atom. The van der Waals surface area contributed by atoms with Gasteiger partial charge in [-0.25, -0.2) is 4.79 Å². The quantitative estimate of drug-likeness (QED) is 0.449. The molecule has 0 spiro atoms. The highest BCUT2D eigenvalue weighted by Crippen LogP contribution is 2.33. The lowest BCUT2D eigenvalue weighted by Crippen LogP contribution is -2.41. The van der Waals surface area contributed by atoms with Gasteiger partial charge in [0, 0.05) is 29.4 Å². The smallest absolute Gasteiger partial charge is 0.325 e. The lowest BCUT2D eigenvalue weighted by molar-refractivity contribution is -0.131. The molecule has 1 aliphatic heterocycles. The molecule has 0 unspecified atom stereocenters. The van der Waals surface area contributed by atoms with Crippen LogP contribution in [0.4, 0.5) is 4.79 Å². The van der Waals surface area contributed by atoms with Crippen molar-refractivity contribution in [2.45, 2.75) is 39.3 Å². The highest BCUT2D eigenvalue weighted by Gasteiger charge is 2.51. The molecule has 8 heteroatoms. The van der Waals surface area contributed by atoms with E-state index in [4.69, 9.17) is 9.15 Å². The summed E-state index contributed by atoms with van der Waals surface area (Å²) >= 11 is 0. The second kappa shape index (κ2) is 7.94. The van der Waals surface area contributed by atoms with Crippen LogP contribution in [0.2, 0.25) is 0 Å². The van der Waals surface area contributed by atoms with Crippen molar-refractivity contribution in [3.63, 3.8) is 0 Å². The van der Waals surface area contributed by atoms with Crippen LogP contribution in [0, 0.1) is 13.8 Å². The van der Waals surface area contributed by atoms with Crippen LogP contribution in [-0.4, -0.2) is 47.4 Å². The van der Waals surface area contributed by atoms with Crippen molar-refractivity contribution in [1.82, 2.24) is 14.8 Å². The number of nitrogens with zero attached hydrogens (tertiary/aromatic N) is 2. The zero-order chi connectivity index (χ0) is 23.2. The normalized spacial score (nSPS) is 19.6. The minimum atomic E-state index is -1.37. The number of furan rings is 1. The van der Waals surface area contributed by atoms with Gasteiger partial charge in [0.1, 0.15) is 11.3 Å². The van der Waals surface area contributed by atoms with Crippen LogP contribution in [-0.2, 0) is 15.1 Å². The third kappa shape index (κ3) is 3.40. The molecular formula is C24H27N3O5. The van der Waals surface area contributed by atoms with Crippen molar-refractivity contribution in [3.8, 4) is 0 Å². The number of para-hydroxylation sites is 1. The summed E-state index contributed by atoms with van der Waals surface area (Å²) in [5.74, 6) is -0.485. The van der Waals surface area contributed by atoms with Crippen molar-refractivity contribution < 1.29 is 23.5 Å². The molecule has 2 aromatic heterocycles. The second-order valence-electron chi connectivity index (χ2n) is 8.48. The molecule has 32 heavy (non-hydrogen) atoms. The van der Waals surface area contributed by atoms with E-state index in [2.05, 4.69) is 5.32 Å². The maximum atomic E-state index is 13.2. The maximum Gasteiger partial charge on any atom is 0.325 e. The number of urea groups is 1. The third-order valence-electron chi connectivity index (χ3n) is 6.13. The fourth-order valence-electron chi connectivity index (χ4n) is 4.52. The van der Waals surface area contributed by atoms with Crippen molar-refractivity contribution in [2.75, 3.05) is 20.3 Å². The van der Waals surface area contributed by atoms with Gasteiger partial charge in [0.25, 0.3) is 5.91 Å². The average Bonchev–Trinajstić information content (AvgIpc) is 3.37. The highest BCUT2D eigenvalue weighted by atomic mass is 16.5. The number of ketones is 1. The minimum absolute atomic E-state index is 0.0506. The van der Waals surface area contributed by atoms with Gasteiger partial charge in [-0.15, -0.1) is 0 Å². The van der Waals surface area contributed by atoms with Gasteiger partial charge in [0.05, 0.1) is 19.2 Å². The number of aryl methyl sites for hydroxylation is 1. The summed E-state index contributed by atoms with van der Waals surface area (Å²) in [6, 6.07) is 10.3. The average molecular weight is 437 g/mol. The number of ether oxygens (including phenoxy) is 1. The first kappa shape index (κ1) is 21.8. The number of imide groups is 1. The molecule has 168 valence electrons. The Hall–Kier alpha value is -3.39. The topological polar surface area (TPSA) is 93.8 Å². The number of methoxy groups -OCH3 is 1. The number of carbonyl (C=O) groups excluding carboxylic acids is 3. The number of hydrogen-bond acceptors (Lipinski definition) is 5. The Bertz CT molecular complexity index is 1190. The maximum absolute atomic E-state index is 13.2. The Labute approximate surface area is 186 Å². The van der Waals surface area contributed by atoms with Crippen LogP contribution in [0.3, 0.4) is 0 Å². The van der Waals surface area contributed by atoms with Gasteiger partial charge in [0.2, 0.25) is 0 Å². The van der Waals surface area contributed by atoms with E-state index >= 15 is 0 Å². The monoisotopic (exact) mass is 437 g/mol. The largest absolute Gasteiger partial charge is 0.458 e. The Morgan fingerprint density at radius 3 is 2.62 bits per heavy atom. The molecule has 1 N–H and O–H groups in total. The standard InChI is InChI=1S/C24H27N3O5/c1-14-10-18(16(3)27(14)15(2)13-31-5)19(28)12-26-22(29)24(4,25-23(26)30)21-11-17-8-6-7-9-20(17)32-21/h6-11,15H,12-13H2,1-5H3,(H,25,30)/t15-,24+/m0/s1. The van der Waals surface area contributed by atoms with Gasteiger partial charge in [-0.1, -0.05) is 18.2 Å². The molecule has 1 saturated heterocycles. The molecule has 0 bridgehead atoms. The van der Waals surface area contributed by atoms with Crippen molar-refractivity contribution in [1.29, 1.82) is 0 Å². The third-order valence-corrected chi connectivity index (χ3v) is 6.13. The van der Waals surface area contributed by atoms with E-state index in [0.717, 1.165) is 21.7 Å². The Balaban J connectivity index is 1.59. The molecule has 4 rings (SSSR count). The van der Waals surface area contributed by atoms with E-state index in [-0.39, 0.29) is 18.4 Å². The SMILES string of the molecule is COC[C@H](C)n1c(C)cc(C(=O)CN2C(=O)N[C@](C)(c3cc4ccccc4o3)C2=O)c1C. The molecule has 3 aromatic rings. The van der Waals surface area contributed by atoms with Crippen LogP contribution in [0.1, 0.15) is 47.4 Å². The molecule has 0 saturated carbocycles. The first-order valence-electron chi connectivity index (χ1n) is 10.5. The predicted octanol–water partition coefficient (Wildman–Crippen LogP) is 3.71. The van der Waals surface area contributed by atoms with Gasteiger partial charge in [0.15, 0.2) is 11.3 Å². The molecule has 3 amide bonds. The van der Waals surface area contributed by atoms with E-state index in [1.54, 1.807) is 32.2 Å². The number of benzene rings is 1. The molecule has 0 aliphatic carbocycles. The Kier molecular flexibility index (Phi) is 5.42. The van der Waals surface area contributed by atoms with Crippen LogP contribution in [0.15, 0.2) is 40.8 Å². The number of carbonyl (C=O) groups is 3. The molecular weight excluding hydrogens is 410 g/mol. The number of rotatable bonds is 7. The van der Waals surface area contributed by atoms with Crippen LogP contribution >= 0.6 is 0 Å². The number of amides is 3. The van der Waals surface area contributed by atoms with Crippen molar-refractivity contribution in [2.24, 2.45) is 0 Å². The summed E-state index contributed by atoms with van der Waals surface area (Å²) in [4.78, 5) is 40.0. The first-order chi connectivity index (χ1) is 15.2. The van der Waals surface area contributed by atoms with E-state index in [0.29, 0.717) is 23.5 Å². The fraction of sp³-hybridized carbons (Fsp3) is 0.375. The summed E-state index contributed by atoms with van der Waals surface area (Å²) in [7, 11) is 1.63. The summed E-state index contributed by atoms with van der Waals surface area (Å²) < 4.78 is 13.1. The summed E-state index contributed by atoms with van der Waals surface area (Å²) in [5.41, 5.74) is 1.44.